The van der Waals surface area contributed by atoms with E-state index in [9.17, 15) is 0 Å². The fraction of sp³-hybridized carbons (Fsp3) is 0.231. The van der Waals surface area contributed by atoms with Crippen molar-refractivity contribution in [3.8, 4) is 11.6 Å². The Morgan fingerprint density at radius 1 is 1.06 bits per heavy atom. The number of hydrogen-bond donors (Lipinski definition) is 1. The van der Waals surface area contributed by atoms with Gasteiger partial charge in [-0.2, -0.15) is 0 Å². The van der Waals surface area contributed by atoms with Crippen molar-refractivity contribution in [3.63, 3.8) is 0 Å². The molecule has 0 saturated carbocycles. The minimum atomic E-state index is 0.385. The monoisotopic (exact) mass is 229 g/mol. The number of ether oxygens (including phenoxy) is 1. The van der Waals surface area contributed by atoms with E-state index in [1.165, 1.54) is 5.56 Å². The van der Waals surface area contributed by atoms with E-state index in [0.29, 0.717) is 11.7 Å². The molecule has 0 fully saturated rings. The third-order valence-corrected chi connectivity index (χ3v) is 2.35. The summed E-state index contributed by atoms with van der Waals surface area (Å²) < 4.78 is 5.54. The molecule has 0 radical (unpaired) electrons. The molecule has 4 nitrogen and oxygen atoms in total. The first kappa shape index (κ1) is 11.4. The summed E-state index contributed by atoms with van der Waals surface area (Å²) in [7, 11) is 0. The maximum atomic E-state index is 5.54. The predicted molar refractivity (Wildman–Crippen MR) is 67.0 cm³/mol. The second-order valence-electron chi connectivity index (χ2n) is 3.79. The van der Waals surface area contributed by atoms with Crippen LogP contribution >= 0.6 is 0 Å². The molecule has 0 amide bonds. The molecule has 1 aromatic heterocycles. The summed E-state index contributed by atoms with van der Waals surface area (Å²) in [5.41, 5.74) is 6.75. The SMILES string of the molecule is CCCc1ccc(Oc2ccc(N)nn2)cc1. The molecular weight excluding hydrogens is 214 g/mol. The number of nitrogens with two attached hydrogens (primary N) is 1. The lowest BCUT2D eigenvalue weighted by molar-refractivity contribution is 0.455. The number of nitrogen functional groups attached to an aromatic ring is 1. The Kier molecular flexibility index (Phi) is 3.55. The molecule has 88 valence electrons. The van der Waals surface area contributed by atoms with Gasteiger partial charge in [0.25, 0.3) is 0 Å². The van der Waals surface area contributed by atoms with Crippen LogP contribution in [0.5, 0.6) is 11.6 Å². The van der Waals surface area contributed by atoms with E-state index in [1.54, 1.807) is 12.1 Å². The van der Waals surface area contributed by atoms with Crippen LogP contribution < -0.4 is 10.5 Å². The van der Waals surface area contributed by atoms with Gasteiger partial charge in [0.05, 0.1) is 0 Å². The van der Waals surface area contributed by atoms with Crippen LogP contribution in [0.15, 0.2) is 36.4 Å². The topological polar surface area (TPSA) is 61.0 Å². The van der Waals surface area contributed by atoms with Crippen LogP contribution in [0.4, 0.5) is 5.82 Å². The molecule has 1 aromatic carbocycles. The Labute approximate surface area is 100 Å². The number of nitrogens with zero attached hydrogens (tertiary/aromatic N) is 2. The second-order valence-corrected chi connectivity index (χ2v) is 3.79. The van der Waals surface area contributed by atoms with Crippen molar-refractivity contribution in [2.75, 3.05) is 5.73 Å². The van der Waals surface area contributed by atoms with Gasteiger partial charge in [-0.25, -0.2) is 0 Å². The molecular formula is C13H15N3O. The van der Waals surface area contributed by atoms with E-state index in [2.05, 4.69) is 29.3 Å². The van der Waals surface area contributed by atoms with E-state index in [-0.39, 0.29) is 0 Å². The summed E-state index contributed by atoms with van der Waals surface area (Å²) in [6.07, 6.45) is 2.23. The molecule has 0 aliphatic carbocycles. The number of anilines is 1. The van der Waals surface area contributed by atoms with Crippen LogP contribution in [0.2, 0.25) is 0 Å². The Morgan fingerprint density at radius 2 is 1.82 bits per heavy atom. The van der Waals surface area contributed by atoms with Crippen molar-refractivity contribution in [1.29, 1.82) is 0 Å². The van der Waals surface area contributed by atoms with Crippen LogP contribution in [0.1, 0.15) is 18.9 Å². The zero-order chi connectivity index (χ0) is 12.1. The predicted octanol–water partition coefficient (Wildman–Crippen LogP) is 2.80. The van der Waals surface area contributed by atoms with Crippen molar-refractivity contribution < 1.29 is 4.74 Å². The quantitative estimate of drug-likeness (QED) is 0.875. The summed E-state index contributed by atoms with van der Waals surface area (Å²) in [5.74, 6) is 1.59. The maximum Gasteiger partial charge on any atom is 0.238 e. The lowest BCUT2D eigenvalue weighted by atomic mass is 10.1. The number of benzene rings is 1. The summed E-state index contributed by atoms with van der Waals surface area (Å²) in [5, 5.41) is 7.56. The number of rotatable bonds is 4. The molecule has 2 N–H and O–H groups in total. The van der Waals surface area contributed by atoms with Crippen LogP contribution in [0.3, 0.4) is 0 Å². The van der Waals surface area contributed by atoms with E-state index in [4.69, 9.17) is 10.5 Å². The van der Waals surface area contributed by atoms with Crippen LogP contribution in [0.25, 0.3) is 0 Å². The van der Waals surface area contributed by atoms with Gasteiger partial charge in [-0.3, -0.25) is 0 Å². The van der Waals surface area contributed by atoms with Crippen molar-refractivity contribution in [3.05, 3.63) is 42.0 Å². The highest BCUT2D eigenvalue weighted by Gasteiger charge is 1.99. The van der Waals surface area contributed by atoms with Crippen molar-refractivity contribution >= 4 is 5.82 Å². The molecule has 0 unspecified atom stereocenters. The van der Waals surface area contributed by atoms with E-state index in [1.807, 2.05) is 12.1 Å². The zero-order valence-electron chi connectivity index (χ0n) is 9.76. The normalized spacial score (nSPS) is 10.2. The molecule has 2 aromatic rings. The molecule has 17 heavy (non-hydrogen) atoms. The molecule has 0 bridgehead atoms. The van der Waals surface area contributed by atoms with Gasteiger partial charge in [-0.1, -0.05) is 25.5 Å². The highest BCUT2D eigenvalue weighted by atomic mass is 16.5. The second kappa shape index (κ2) is 5.30. The van der Waals surface area contributed by atoms with Crippen molar-refractivity contribution in [2.45, 2.75) is 19.8 Å². The average Bonchev–Trinajstić information content (AvgIpc) is 2.35. The van der Waals surface area contributed by atoms with Gasteiger partial charge in [0, 0.05) is 6.07 Å². The molecule has 0 saturated heterocycles. The molecule has 0 aliphatic rings. The molecule has 4 heteroatoms. The Balaban J connectivity index is 2.05. The van der Waals surface area contributed by atoms with Crippen molar-refractivity contribution in [1.82, 2.24) is 10.2 Å². The van der Waals surface area contributed by atoms with Crippen molar-refractivity contribution in [2.24, 2.45) is 0 Å². The summed E-state index contributed by atoms with van der Waals surface area (Å²) in [6.45, 7) is 2.16. The number of aryl methyl sites for hydroxylation is 1. The highest BCUT2D eigenvalue weighted by molar-refractivity contribution is 5.32. The first-order valence-electron chi connectivity index (χ1n) is 5.64. The molecule has 0 aliphatic heterocycles. The van der Waals surface area contributed by atoms with Gasteiger partial charge in [-0.05, 0) is 30.2 Å². The van der Waals surface area contributed by atoms with Crippen LogP contribution in [-0.4, -0.2) is 10.2 Å². The van der Waals surface area contributed by atoms with E-state index >= 15 is 0 Å². The van der Waals surface area contributed by atoms with E-state index < -0.39 is 0 Å². The van der Waals surface area contributed by atoms with Crippen LogP contribution in [-0.2, 0) is 6.42 Å². The lowest BCUT2D eigenvalue weighted by Crippen LogP contribution is -1.94. The van der Waals surface area contributed by atoms with Gasteiger partial charge in [0.15, 0.2) is 0 Å². The summed E-state index contributed by atoms with van der Waals surface area (Å²) >= 11 is 0. The Bertz CT molecular complexity index is 465. The Morgan fingerprint density at radius 3 is 2.41 bits per heavy atom. The minimum Gasteiger partial charge on any atom is -0.438 e. The largest absolute Gasteiger partial charge is 0.438 e. The Hall–Kier alpha value is -2.10. The average molecular weight is 229 g/mol. The molecule has 0 spiro atoms. The van der Waals surface area contributed by atoms with Gasteiger partial charge >= 0.3 is 0 Å². The van der Waals surface area contributed by atoms with Crippen LogP contribution in [0, 0.1) is 0 Å². The summed E-state index contributed by atoms with van der Waals surface area (Å²) in [4.78, 5) is 0. The number of hydrogen-bond acceptors (Lipinski definition) is 4. The number of aromatic nitrogens is 2. The van der Waals surface area contributed by atoms with Gasteiger partial charge < -0.3 is 10.5 Å². The standard InChI is InChI=1S/C13H15N3O/c1-2-3-10-4-6-11(7-5-10)17-13-9-8-12(14)15-16-13/h4-9H,2-3H2,1H3,(H2,14,15). The highest BCUT2D eigenvalue weighted by Crippen LogP contribution is 2.19. The molecule has 1 heterocycles. The first-order valence-corrected chi connectivity index (χ1v) is 5.64. The van der Waals surface area contributed by atoms with Gasteiger partial charge in [0.2, 0.25) is 5.88 Å². The maximum absolute atomic E-state index is 5.54. The molecule has 0 atom stereocenters. The fourth-order valence-corrected chi connectivity index (χ4v) is 1.52. The zero-order valence-corrected chi connectivity index (χ0v) is 9.76. The van der Waals surface area contributed by atoms with Gasteiger partial charge in [0.1, 0.15) is 11.6 Å². The lowest BCUT2D eigenvalue weighted by Gasteiger charge is -2.05. The minimum absolute atomic E-state index is 0.385. The first-order chi connectivity index (χ1) is 8.28. The van der Waals surface area contributed by atoms with E-state index in [0.717, 1.165) is 18.6 Å². The smallest absolute Gasteiger partial charge is 0.238 e. The third-order valence-electron chi connectivity index (χ3n) is 2.35. The summed E-state index contributed by atoms with van der Waals surface area (Å²) in [6, 6.07) is 11.3. The fourth-order valence-electron chi connectivity index (χ4n) is 1.52. The molecule has 2 rings (SSSR count). The third kappa shape index (κ3) is 3.17. The van der Waals surface area contributed by atoms with Gasteiger partial charge in [-0.15, -0.1) is 10.2 Å².